The van der Waals surface area contributed by atoms with Crippen molar-refractivity contribution in [2.75, 3.05) is 44.0 Å². The Labute approximate surface area is 199 Å². The molecule has 0 saturated carbocycles. The molecular weight excluding hydrogens is 460 g/mol. The topological polar surface area (TPSA) is 93.3 Å². The number of thiophene rings is 1. The second kappa shape index (κ2) is 9.53. The molecule has 4 aromatic rings. The highest BCUT2D eigenvalue weighted by atomic mass is 32.1. The molecule has 3 aromatic heterocycles. The van der Waals surface area contributed by atoms with E-state index < -0.39 is 11.6 Å². The summed E-state index contributed by atoms with van der Waals surface area (Å²) in [7, 11) is 1.90. The minimum absolute atomic E-state index is 0.162. The third-order valence-corrected chi connectivity index (χ3v) is 6.60. The van der Waals surface area contributed by atoms with E-state index in [-0.39, 0.29) is 5.95 Å². The second-order valence-corrected chi connectivity index (χ2v) is 9.24. The smallest absolute Gasteiger partial charge is 0.220 e. The van der Waals surface area contributed by atoms with Gasteiger partial charge in [-0.3, -0.25) is 4.90 Å². The number of morpholine rings is 1. The third kappa shape index (κ3) is 4.81. The molecule has 4 heterocycles. The van der Waals surface area contributed by atoms with Crippen molar-refractivity contribution in [1.82, 2.24) is 24.8 Å². The molecule has 0 bridgehead atoms. The zero-order valence-corrected chi connectivity index (χ0v) is 19.4. The van der Waals surface area contributed by atoms with E-state index in [9.17, 15) is 8.78 Å². The van der Waals surface area contributed by atoms with E-state index in [0.717, 1.165) is 40.1 Å². The highest BCUT2D eigenvalue weighted by molar-refractivity contribution is 7.19. The van der Waals surface area contributed by atoms with E-state index in [2.05, 4.69) is 14.9 Å². The molecule has 0 amide bonds. The lowest BCUT2D eigenvalue weighted by Gasteiger charge is -2.28. The van der Waals surface area contributed by atoms with Gasteiger partial charge in [-0.2, -0.15) is 0 Å². The van der Waals surface area contributed by atoms with Crippen LogP contribution in [0.5, 0.6) is 0 Å². The molecule has 0 spiro atoms. The Morgan fingerprint density at radius 2 is 1.91 bits per heavy atom. The molecule has 8 nitrogen and oxygen atoms in total. The molecule has 1 saturated heterocycles. The molecule has 0 unspecified atom stereocenters. The molecule has 1 fully saturated rings. The third-order valence-electron chi connectivity index (χ3n) is 5.50. The summed E-state index contributed by atoms with van der Waals surface area (Å²) in [6.07, 6.45) is 1.59. The average Bonchev–Trinajstić information content (AvgIpc) is 3.23. The van der Waals surface area contributed by atoms with Gasteiger partial charge in [-0.05, 0) is 25.2 Å². The van der Waals surface area contributed by atoms with Crippen molar-refractivity contribution in [3.8, 4) is 11.5 Å². The maximum Gasteiger partial charge on any atom is 0.220 e. The SMILES string of the molecule is CN(Cc1cc2nc(-c3ccnc(N)n3)nc(N3CCOCC3)c2s1)Cc1ccc(F)cc1F. The summed E-state index contributed by atoms with van der Waals surface area (Å²) < 4.78 is 33.8. The molecular formula is C23H23F2N7OS. The van der Waals surface area contributed by atoms with Gasteiger partial charge in [0.1, 0.15) is 17.3 Å². The summed E-state index contributed by atoms with van der Waals surface area (Å²) in [5.74, 6) is 0.356. The largest absolute Gasteiger partial charge is 0.378 e. The van der Waals surface area contributed by atoms with E-state index in [4.69, 9.17) is 20.4 Å². The van der Waals surface area contributed by atoms with Crippen molar-refractivity contribution < 1.29 is 13.5 Å². The predicted molar refractivity (Wildman–Crippen MR) is 127 cm³/mol. The van der Waals surface area contributed by atoms with Crippen LogP contribution in [0.3, 0.4) is 0 Å². The number of nitrogen functional groups attached to an aromatic ring is 1. The zero-order chi connectivity index (χ0) is 23.7. The molecule has 5 rings (SSSR count). The van der Waals surface area contributed by atoms with Crippen LogP contribution >= 0.6 is 11.3 Å². The van der Waals surface area contributed by atoms with Gasteiger partial charge in [-0.1, -0.05) is 6.07 Å². The summed E-state index contributed by atoms with van der Waals surface area (Å²) >= 11 is 1.61. The van der Waals surface area contributed by atoms with E-state index >= 15 is 0 Å². The first-order valence-electron chi connectivity index (χ1n) is 10.8. The van der Waals surface area contributed by atoms with E-state index in [0.29, 0.717) is 43.4 Å². The molecule has 1 aliphatic rings. The fraction of sp³-hybridized carbons (Fsp3) is 0.304. The van der Waals surface area contributed by atoms with Crippen LogP contribution in [0, 0.1) is 11.6 Å². The quantitative estimate of drug-likeness (QED) is 0.446. The number of aromatic nitrogens is 4. The molecule has 176 valence electrons. The minimum atomic E-state index is -0.580. The first-order valence-corrected chi connectivity index (χ1v) is 11.6. The molecule has 0 radical (unpaired) electrons. The lowest BCUT2D eigenvalue weighted by atomic mass is 10.2. The number of ether oxygens (including phenoxy) is 1. The van der Waals surface area contributed by atoms with Gasteiger partial charge in [0.15, 0.2) is 11.6 Å². The standard InChI is InChI=1S/C23H23F2N7OS/c1-31(12-14-2-3-15(24)10-17(14)25)13-16-11-19-20(34-16)22(32-6-8-33-9-7-32)30-21(28-19)18-4-5-27-23(26)29-18/h2-5,10-11H,6-9,12-13H2,1H3,(H2,26,27,29). The first-order chi connectivity index (χ1) is 16.5. The van der Waals surface area contributed by atoms with Crippen LogP contribution in [0.4, 0.5) is 20.5 Å². The molecule has 11 heteroatoms. The van der Waals surface area contributed by atoms with Crippen LogP contribution in [-0.2, 0) is 17.8 Å². The number of fused-ring (bicyclic) bond motifs is 1. The van der Waals surface area contributed by atoms with Crippen LogP contribution in [0.1, 0.15) is 10.4 Å². The Kier molecular flexibility index (Phi) is 6.31. The van der Waals surface area contributed by atoms with Gasteiger partial charge in [-0.15, -0.1) is 11.3 Å². The van der Waals surface area contributed by atoms with Gasteiger partial charge in [0.25, 0.3) is 0 Å². The molecule has 0 atom stereocenters. The fourth-order valence-corrected chi connectivity index (χ4v) is 5.10. The predicted octanol–water partition coefficient (Wildman–Crippen LogP) is 3.48. The monoisotopic (exact) mass is 483 g/mol. The Morgan fingerprint density at radius 1 is 1.09 bits per heavy atom. The fourth-order valence-electron chi connectivity index (χ4n) is 3.91. The summed E-state index contributed by atoms with van der Waals surface area (Å²) in [5.41, 5.74) is 7.59. The Bertz CT molecular complexity index is 1330. The van der Waals surface area contributed by atoms with Crippen molar-refractivity contribution in [3.05, 3.63) is 58.6 Å². The molecule has 1 aliphatic heterocycles. The van der Waals surface area contributed by atoms with Gasteiger partial charge in [0.2, 0.25) is 5.95 Å². The number of hydrogen-bond donors (Lipinski definition) is 1. The summed E-state index contributed by atoms with van der Waals surface area (Å²) in [5, 5.41) is 0. The second-order valence-electron chi connectivity index (χ2n) is 8.11. The Hall–Kier alpha value is -3.28. The average molecular weight is 484 g/mol. The van der Waals surface area contributed by atoms with Gasteiger partial charge in [0.05, 0.1) is 23.4 Å². The number of halogens is 2. The number of nitrogens with two attached hydrogens (primary N) is 1. The van der Waals surface area contributed by atoms with Crippen LogP contribution in [0.15, 0.2) is 36.5 Å². The lowest BCUT2D eigenvalue weighted by Crippen LogP contribution is -2.36. The van der Waals surface area contributed by atoms with Crippen LogP contribution in [-0.4, -0.2) is 58.2 Å². The molecule has 2 N–H and O–H groups in total. The number of rotatable bonds is 6. The van der Waals surface area contributed by atoms with E-state index in [1.54, 1.807) is 23.6 Å². The van der Waals surface area contributed by atoms with Crippen molar-refractivity contribution in [2.45, 2.75) is 13.1 Å². The molecule has 1 aromatic carbocycles. The van der Waals surface area contributed by atoms with Gasteiger partial charge < -0.3 is 15.4 Å². The van der Waals surface area contributed by atoms with Gasteiger partial charge >= 0.3 is 0 Å². The molecule has 0 aliphatic carbocycles. The van der Waals surface area contributed by atoms with Crippen LogP contribution in [0.25, 0.3) is 21.7 Å². The highest BCUT2D eigenvalue weighted by Crippen LogP contribution is 2.34. The van der Waals surface area contributed by atoms with Gasteiger partial charge in [0, 0.05) is 48.9 Å². The Morgan fingerprint density at radius 3 is 2.68 bits per heavy atom. The maximum atomic E-state index is 14.1. The number of benzene rings is 1. The summed E-state index contributed by atoms with van der Waals surface area (Å²) in [6, 6.07) is 7.43. The van der Waals surface area contributed by atoms with Crippen molar-refractivity contribution in [2.24, 2.45) is 0 Å². The summed E-state index contributed by atoms with van der Waals surface area (Å²) in [6.45, 7) is 3.66. The zero-order valence-electron chi connectivity index (χ0n) is 18.5. The molecule has 34 heavy (non-hydrogen) atoms. The van der Waals surface area contributed by atoms with Gasteiger partial charge in [-0.25, -0.2) is 28.7 Å². The summed E-state index contributed by atoms with van der Waals surface area (Å²) in [4.78, 5) is 23.1. The number of anilines is 2. The van der Waals surface area contributed by atoms with E-state index in [1.165, 1.54) is 12.1 Å². The maximum absolute atomic E-state index is 14.1. The highest BCUT2D eigenvalue weighted by Gasteiger charge is 2.21. The normalized spacial score (nSPS) is 14.3. The number of hydrogen-bond acceptors (Lipinski definition) is 9. The Balaban J connectivity index is 1.47. The minimum Gasteiger partial charge on any atom is -0.378 e. The van der Waals surface area contributed by atoms with Crippen molar-refractivity contribution in [1.29, 1.82) is 0 Å². The van der Waals surface area contributed by atoms with Crippen LogP contribution in [0.2, 0.25) is 0 Å². The van der Waals surface area contributed by atoms with E-state index in [1.807, 2.05) is 18.0 Å². The number of nitrogens with zero attached hydrogens (tertiary/aromatic N) is 6. The first kappa shape index (κ1) is 22.5. The van der Waals surface area contributed by atoms with Crippen molar-refractivity contribution in [3.63, 3.8) is 0 Å². The van der Waals surface area contributed by atoms with Crippen molar-refractivity contribution >= 4 is 33.3 Å². The lowest BCUT2D eigenvalue weighted by molar-refractivity contribution is 0.122. The van der Waals surface area contributed by atoms with Crippen LogP contribution < -0.4 is 10.6 Å².